The average Bonchev–Trinajstić information content (AvgIpc) is 2.89. The summed E-state index contributed by atoms with van der Waals surface area (Å²) in [7, 11) is 0. The molecule has 1 aliphatic rings. The fourth-order valence-corrected chi connectivity index (χ4v) is 2.30. The van der Waals surface area contributed by atoms with Gasteiger partial charge in [-0.3, -0.25) is 4.79 Å². The van der Waals surface area contributed by atoms with Crippen molar-refractivity contribution in [3.8, 4) is 11.5 Å². The Hall–Kier alpha value is -2.07. The molecule has 1 aromatic carbocycles. The molecule has 4 heteroatoms. The smallest absolute Gasteiger partial charge is 0.231 e. The van der Waals surface area contributed by atoms with Crippen molar-refractivity contribution in [2.45, 2.75) is 0 Å². The van der Waals surface area contributed by atoms with Crippen molar-refractivity contribution in [1.29, 1.82) is 0 Å². The number of fused-ring (bicyclic) bond motifs is 1. The van der Waals surface area contributed by atoms with Gasteiger partial charge in [0.1, 0.15) is 11.5 Å². The zero-order valence-electron chi connectivity index (χ0n) is 8.71. The van der Waals surface area contributed by atoms with Crippen molar-refractivity contribution in [2.24, 2.45) is 0 Å². The molecule has 2 aromatic rings. The van der Waals surface area contributed by atoms with Crippen LogP contribution in [0.1, 0.15) is 15.9 Å². The molecule has 0 radical (unpaired) electrons. The standard InChI is InChI=1S/C13H8O3S/c14-9-1-2-10-11(6-9)16-12(13(10)15)5-8-3-4-17-7-8/h1-7,14H/b12-5+. The lowest BCUT2D eigenvalue weighted by atomic mass is 10.1. The second-order valence-corrected chi connectivity index (χ2v) is 4.46. The van der Waals surface area contributed by atoms with Gasteiger partial charge >= 0.3 is 0 Å². The summed E-state index contributed by atoms with van der Waals surface area (Å²) < 4.78 is 5.43. The Labute approximate surface area is 102 Å². The number of carbonyl (C=O) groups is 1. The fraction of sp³-hybridized carbons (Fsp3) is 0. The fourth-order valence-electron chi connectivity index (χ4n) is 1.68. The first-order chi connectivity index (χ1) is 8.24. The number of aromatic hydroxyl groups is 1. The number of rotatable bonds is 1. The predicted octanol–water partition coefficient (Wildman–Crippen LogP) is 3.07. The van der Waals surface area contributed by atoms with E-state index in [0.717, 1.165) is 5.56 Å². The first kappa shape index (κ1) is 10.1. The van der Waals surface area contributed by atoms with E-state index < -0.39 is 0 Å². The van der Waals surface area contributed by atoms with Crippen LogP contribution in [0.2, 0.25) is 0 Å². The molecule has 0 unspecified atom stereocenters. The summed E-state index contributed by atoms with van der Waals surface area (Å²) in [6.45, 7) is 0. The Morgan fingerprint density at radius 3 is 2.94 bits per heavy atom. The number of carbonyl (C=O) groups excluding carboxylic acids is 1. The van der Waals surface area contributed by atoms with E-state index in [-0.39, 0.29) is 11.5 Å². The van der Waals surface area contributed by atoms with Gasteiger partial charge in [0.2, 0.25) is 5.78 Å². The van der Waals surface area contributed by atoms with Gasteiger partial charge in [0.05, 0.1) is 5.56 Å². The molecule has 0 bridgehead atoms. The number of ether oxygens (including phenoxy) is 1. The number of allylic oxidation sites excluding steroid dienone is 1. The predicted molar refractivity (Wildman–Crippen MR) is 65.4 cm³/mol. The number of benzene rings is 1. The lowest BCUT2D eigenvalue weighted by molar-refractivity contribution is 0.101. The van der Waals surface area contributed by atoms with E-state index in [9.17, 15) is 9.90 Å². The molecular formula is C13H8O3S. The normalized spacial score (nSPS) is 16.0. The largest absolute Gasteiger partial charge is 0.508 e. The SMILES string of the molecule is O=C1/C(=C\c2ccsc2)Oc2cc(O)ccc21. The summed E-state index contributed by atoms with van der Waals surface area (Å²) in [6.07, 6.45) is 1.70. The number of ketones is 1. The molecule has 0 aliphatic carbocycles. The van der Waals surface area contributed by atoms with Crippen LogP contribution in [0.5, 0.6) is 11.5 Å². The van der Waals surface area contributed by atoms with Gasteiger partial charge in [-0.1, -0.05) is 0 Å². The summed E-state index contributed by atoms with van der Waals surface area (Å²) in [5, 5.41) is 13.2. The van der Waals surface area contributed by atoms with Gasteiger partial charge in [-0.25, -0.2) is 0 Å². The molecule has 3 nitrogen and oxygen atoms in total. The van der Waals surface area contributed by atoms with Gasteiger partial charge in [-0.05, 0) is 40.6 Å². The van der Waals surface area contributed by atoms with Gasteiger partial charge in [0.25, 0.3) is 0 Å². The molecule has 0 saturated carbocycles. The van der Waals surface area contributed by atoms with Crippen LogP contribution in [0.4, 0.5) is 0 Å². The van der Waals surface area contributed by atoms with Crippen LogP contribution in [-0.2, 0) is 0 Å². The van der Waals surface area contributed by atoms with E-state index in [1.54, 1.807) is 23.5 Å². The summed E-state index contributed by atoms with van der Waals surface area (Å²) in [4.78, 5) is 12.0. The molecule has 2 heterocycles. The average molecular weight is 244 g/mol. The van der Waals surface area contributed by atoms with E-state index in [0.29, 0.717) is 17.1 Å². The van der Waals surface area contributed by atoms with Crippen molar-refractivity contribution in [1.82, 2.24) is 0 Å². The quantitative estimate of drug-likeness (QED) is 0.784. The minimum Gasteiger partial charge on any atom is -0.508 e. The molecular weight excluding hydrogens is 236 g/mol. The Balaban J connectivity index is 2.02. The van der Waals surface area contributed by atoms with Gasteiger partial charge < -0.3 is 9.84 Å². The van der Waals surface area contributed by atoms with Gasteiger partial charge in [0, 0.05) is 6.07 Å². The molecule has 0 atom stereocenters. The Morgan fingerprint density at radius 1 is 1.29 bits per heavy atom. The molecule has 1 N–H and O–H groups in total. The molecule has 84 valence electrons. The Morgan fingerprint density at radius 2 is 2.18 bits per heavy atom. The summed E-state index contributed by atoms with van der Waals surface area (Å²) in [6, 6.07) is 6.41. The first-order valence-corrected chi connectivity index (χ1v) is 5.98. The number of thiophene rings is 1. The Kier molecular flexibility index (Phi) is 2.23. The number of phenols is 1. The van der Waals surface area contributed by atoms with Gasteiger partial charge in [0.15, 0.2) is 5.76 Å². The van der Waals surface area contributed by atoms with E-state index >= 15 is 0 Å². The van der Waals surface area contributed by atoms with Crippen molar-refractivity contribution in [3.63, 3.8) is 0 Å². The molecule has 0 fully saturated rings. The topological polar surface area (TPSA) is 46.5 Å². The highest BCUT2D eigenvalue weighted by atomic mass is 32.1. The monoisotopic (exact) mass is 244 g/mol. The molecule has 3 rings (SSSR count). The van der Waals surface area contributed by atoms with E-state index in [1.165, 1.54) is 12.1 Å². The third kappa shape index (κ3) is 1.72. The number of hydrogen-bond acceptors (Lipinski definition) is 4. The van der Waals surface area contributed by atoms with Crippen LogP contribution >= 0.6 is 11.3 Å². The molecule has 0 amide bonds. The van der Waals surface area contributed by atoms with Crippen molar-refractivity contribution in [3.05, 3.63) is 51.9 Å². The van der Waals surface area contributed by atoms with Gasteiger partial charge in [-0.15, -0.1) is 0 Å². The lowest BCUT2D eigenvalue weighted by Crippen LogP contribution is -1.97. The van der Waals surface area contributed by atoms with E-state index in [2.05, 4.69) is 0 Å². The van der Waals surface area contributed by atoms with Crippen LogP contribution in [0, 0.1) is 0 Å². The number of Topliss-reactive ketones (excluding diaryl/α,β-unsaturated/α-hetero) is 1. The first-order valence-electron chi connectivity index (χ1n) is 5.03. The zero-order valence-corrected chi connectivity index (χ0v) is 9.53. The van der Waals surface area contributed by atoms with E-state index in [1.807, 2.05) is 16.8 Å². The minimum atomic E-state index is -0.147. The Bertz CT molecular complexity index is 612. The highest BCUT2D eigenvalue weighted by Crippen LogP contribution is 2.34. The maximum atomic E-state index is 12.0. The number of phenolic OH excluding ortho intramolecular Hbond substituents is 1. The zero-order chi connectivity index (χ0) is 11.8. The molecule has 1 aromatic heterocycles. The van der Waals surface area contributed by atoms with Crippen molar-refractivity contribution < 1.29 is 14.6 Å². The summed E-state index contributed by atoms with van der Waals surface area (Å²) in [5.74, 6) is 0.653. The third-order valence-electron chi connectivity index (χ3n) is 2.49. The minimum absolute atomic E-state index is 0.0910. The molecule has 0 saturated heterocycles. The van der Waals surface area contributed by atoms with E-state index in [4.69, 9.17) is 4.74 Å². The lowest BCUT2D eigenvalue weighted by Gasteiger charge is -1.97. The van der Waals surface area contributed by atoms with Crippen LogP contribution in [0.15, 0.2) is 40.8 Å². The van der Waals surface area contributed by atoms with Crippen LogP contribution in [0.25, 0.3) is 6.08 Å². The summed E-state index contributed by atoms with van der Waals surface area (Å²) in [5.41, 5.74) is 1.43. The second kappa shape index (κ2) is 3.75. The highest BCUT2D eigenvalue weighted by molar-refractivity contribution is 7.08. The molecule has 17 heavy (non-hydrogen) atoms. The summed E-state index contributed by atoms with van der Waals surface area (Å²) >= 11 is 1.56. The van der Waals surface area contributed by atoms with Crippen LogP contribution in [-0.4, -0.2) is 10.9 Å². The van der Waals surface area contributed by atoms with Crippen molar-refractivity contribution >= 4 is 23.2 Å². The molecule has 0 spiro atoms. The van der Waals surface area contributed by atoms with Gasteiger partial charge in [-0.2, -0.15) is 11.3 Å². The highest BCUT2D eigenvalue weighted by Gasteiger charge is 2.27. The molecule has 1 aliphatic heterocycles. The second-order valence-electron chi connectivity index (χ2n) is 3.68. The van der Waals surface area contributed by atoms with Crippen molar-refractivity contribution in [2.75, 3.05) is 0 Å². The third-order valence-corrected chi connectivity index (χ3v) is 3.20. The van der Waals surface area contributed by atoms with Crippen LogP contribution in [0.3, 0.4) is 0 Å². The van der Waals surface area contributed by atoms with Crippen LogP contribution < -0.4 is 4.74 Å². The maximum Gasteiger partial charge on any atom is 0.231 e. The number of hydrogen-bond donors (Lipinski definition) is 1. The maximum absolute atomic E-state index is 12.0.